The van der Waals surface area contributed by atoms with Crippen molar-refractivity contribution in [3.05, 3.63) is 35.4 Å². The Morgan fingerprint density at radius 3 is 2.42 bits per heavy atom. The third-order valence-electron chi connectivity index (χ3n) is 4.59. The van der Waals surface area contributed by atoms with Crippen LogP contribution in [0.25, 0.3) is 0 Å². The van der Waals surface area contributed by atoms with Crippen molar-refractivity contribution in [3.8, 4) is 0 Å². The lowest BCUT2D eigenvalue weighted by molar-refractivity contribution is 0.0558. The van der Waals surface area contributed by atoms with E-state index >= 15 is 0 Å². The highest BCUT2D eigenvalue weighted by Crippen LogP contribution is 2.40. The lowest BCUT2D eigenvalue weighted by atomic mass is 9.73. The van der Waals surface area contributed by atoms with E-state index in [4.69, 9.17) is 0 Å². The Morgan fingerprint density at radius 1 is 1.11 bits per heavy atom. The van der Waals surface area contributed by atoms with Crippen LogP contribution in [0.1, 0.15) is 56.8 Å². The minimum atomic E-state index is -2.47. The maximum atomic E-state index is 12.7. The van der Waals surface area contributed by atoms with E-state index in [1.807, 2.05) is 0 Å². The summed E-state index contributed by atoms with van der Waals surface area (Å²) in [5.74, 6) is 1.47. The first-order valence-corrected chi connectivity index (χ1v) is 7.05. The van der Waals surface area contributed by atoms with Gasteiger partial charge in [0.1, 0.15) is 0 Å². The molecule has 0 spiro atoms. The minimum Gasteiger partial charge on any atom is -0.388 e. The second kappa shape index (κ2) is 6.00. The maximum Gasteiger partial charge on any atom is 0.263 e. The van der Waals surface area contributed by atoms with Crippen molar-refractivity contribution in [1.29, 1.82) is 0 Å². The standard InChI is InChI=1S/C16H22F2O/c1-10-6-7-13(8-11(10)2)15(19)12-4-3-5-14(9-12)16(17)18/h3-5,9-11,13,15-16,19H,6-8H2,1-2H3. The van der Waals surface area contributed by atoms with Gasteiger partial charge in [-0.3, -0.25) is 0 Å². The molecule has 106 valence electrons. The fourth-order valence-corrected chi connectivity index (χ4v) is 3.03. The lowest BCUT2D eigenvalue weighted by Gasteiger charge is -2.34. The molecule has 1 saturated carbocycles. The van der Waals surface area contributed by atoms with Gasteiger partial charge in [-0.1, -0.05) is 38.5 Å². The molecular formula is C16H22F2O. The van der Waals surface area contributed by atoms with E-state index in [0.717, 1.165) is 19.3 Å². The van der Waals surface area contributed by atoms with Crippen LogP contribution in [0.2, 0.25) is 0 Å². The van der Waals surface area contributed by atoms with Gasteiger partial charge in [-0.2, -0.15) is 0 Å². The molecule has 1 aliphatic carbocycles. The highest BCUT2D eigenvalue weighted by molar-refractivity contribution is 5.26. The summed E-state index contributed by atoms with van der Waals surface area (Å²) in [5, 5.41) is 10.4. The monoisotopic (exact) mass is 268 g/mol. The topological polar surface area (TPSA) is 20.2 Å². The van der Waals surface area contributed by atoms with Gasteiger partial charge in [-0.05, 0) is 42.2 Å². The summed E-state index contributed by atoms with van der Waals surface area (Å²) >= 11 is 0. The van der Waals surface area contributed by atoms with Crippen molar-refractivity contribution in [2.45, 2.75) is 45.6 Å². The Kier molecular flexibility index (Phi) is 4.56. The number of aliphatic hydroxyl groups is 1. The number of rotatable bonds is 3. The quantitative estimate of drug-likeness (QED) is 0.840. The second-order valence-corrected chi connectivity index (χ2v) is 5.94. The zero-order chi connectivity index (χ0) is 14.0. The molecule has 0 aliphatic heterocycles. The van der Waals surface area contributed by atoms with Crippen LogP contribution in [0.3, 0.4) is 0 Å². The highest BCUT2D eigenvalue weighted by atomic mass is 19.3. The van der Waals surface area contributed by atoms with Crippen LogP contribution in [0.5, 0.6) is 0 Å². The second-order valence-electron chi connectivity index (χ2n) is 5.94. The van der Waals surface area contributed by atoms with E-state index < -0.39 is 12.5 Å². The fourth-order valence-electron chi connectivity index (χ4n) is 3.03. The SMILES string of the molecule is CC1CCC(C(O)c2cccc(C(F)F)c2)CC1C. The Hall–Kier alpha value is -0.960. The molecule has 1 aromatic rings. The van der Waals surface area contributed by atoms with Crippen LogP contribution in [0.4, 0.5) is 8.78 Å². The predicted molar refractivity (Wildman–Crippen MR) is 72.0 cm³/mol. The minimum absolute atomic E-state index is 0.00576. The summed E-state index contributed by atoms with van der Waals surface area (Å²) in [6, 6.07) is 6.21. The van der Waals surface area contributed by atoms with Crippen LogP contribution >= 0.6 is 0 Å². The molecule has 1 aromatic carbocycles. The number of hydrogen-bond acceptors (Lipinski definition) is 1. The molecule has 4 atom stereocenters. The summed E-state index contributed by atoms with van der Waals surface area (Å²) < 4.78 is 25.4. The van der Waals surface area contributed by atoms with Crippen LogP contribution in [-0.4, -0.2) is 5.11 Å². The summed E-state index contributed by atoms with van der Waals surface area (Å²) in [6.45, 7) is 4.45. The molecule has 1 aliphatic rings. The number of aliphatic hydroxyl groups excluding tert-OH is 1. The molecule has 0 saturated heterocycles. The van der Waals surface area contributed by atoms with Crippen molar-refractivity contribution in [2.24, 2.45) is 17.8 Å². The normalized spacial score (nSPS) is 29.5. The molecule has 0 aromatic heterocycles. The molecule has 4 unspecified atom stereocenters. The van der Waals surface area contributed by atoms with E-state index in [0.29, 0.717) is 17.4 Å². The van der Waals surface area contributed by atoms with Gasteiger partial charge in [0.15, 0.2) is 0 Å². The van der Waals surface area contributed by atoms with Crippen molar-refractivity contribution >= 4 is 0 Å². The predicted octanol–water partition coefficient (Wildman–Crippen LogP) is 4.73. The highest BCUT2D eigenvalue weighted by Gasteiger charge is 2.30. The molecule has 2 rings (SSSR count). The Labute approximate surface area is 113 Å². The Balaban J connectivity index is 2.11. The van der Waals surface area contributed by atoms with Crippen molar-refractivity contribution < 1.29 is 13.9 Å². The van der Waals surface area contributed by atoms with Gasteiger partial charge in [0.2, 0.25) is 0 Å². The largest absolute Gasteiger partial charge is 0.388 e. The van der Waals surface area contributed by atoms with Gasteiger partial charge in [-0.25, -0.2) is 8.78 Å². The van der Waals surface area contributed by atoms with Crippen LogP contribution in [-0.2, 0) is 0 Å². The summed E-state index contributed by atoms with van der Waals surface area (Å²) in [4.78, 5) is 0. The molecule has 0 heterocycles. The maximum absolute atomic E-state index is 12.7. The molecule has 1 fully saturated rings. The number of benzene rings is 1. The zero-order valence-electron chi connectivity index (χ0n) is 11.5. The third kappa shape index (κ3) is 3.33. The van der Waals surface area contributed by atoms with Crippen molar-refractivity contribution in [1.82, 2.24) is 0 Å². The van der Waals surface area contributed by atoms with E-state index in [1.165, 1.54) is 12.1 Å². The summed E-state index contributed by atoms with van der Waals surface area (Å²) in [5.41, 5.74) is 0.623. The molecule has 0 amide bonds. The fraction of sp³-hybridized carbons (Fsp3) is 0.625. The van der Waals surface area contributed by atoms with Gasteiger partial charge < -0.3 is 5.11 Å². The number of alkyl halides is 2. The van der Waals surface area contributed by atoms with Gasteiger partial charge >= 0.3 is 0 Å². The number of halogens is 2. The van der Waals surface area contributed by atoms with Crippen LogP contribution in [0, 0.1) is 17.8 Å². The van der Waals surface area contributed by atoms with E-state index in [1.54, 1.807) is 12.1 Å². The first-order chi connectivity index (χ1) is 8.99. The molecule has 3 heteroatoms. The first kappa shape index (κ1) is 14.4. The van der Waals surface area contributed by atoms with Crippen molar-refractivity contribution in [2.75, 3.05) is 0 Å². The Bertz CT molecular complexity index is 419. The van der Waals surface area contributed by atoms with Gasteiger partial charge in [0.05, 0.1) is 6.10 Å². The first-order valence-electron chi connectivity index (χ1n) is 7.05. The Morgan fingerprint density at radius 2 is 1.79 bits per heavy atom. The van der Waals surface area contributed by atoms with Gasteiger partial charge in [-0.15, -0.1) is 0 Å². The summed E-state index contributed by atoms with van der Waals surface area (Å²) in [6.07, 6.45) is -0.0318. The number of hydrogen-bond donors (Lipinski definition) is 1. The molecule has 0 bridgehead atoms. The molecular weight excluding hydrogens is 246 g/mol. The third-order valence-corrected chi connectivity index (χ3v) is 4.59. The molecule has 1 N–H and O–H groups in total. The van der Waals surface area contributed by atoms with Gasteiger partial charge in [0, 0.05) is 5.56 Å². The van der Waals surface area contributed by atoms with Gasteiger partial charge in [0.25, 0.3) is 6.43 Å². The van der Waals surface area contributed by atoms with Crippen LogP contribution < -0.4 is 0 Å². The lowest BCUT2D eigenvalue weighted by Crippen LogP contribution is -2.25. The molecule has 1 nitrogen and oxygen atoms in total. The van der Waals surface area contributed by atoms with E-state index in [9.17, 15) is 13.9 Å². The van der Waals surface area contributed by atoms with E-state index in [-0.39, 0.29) is 11.5 Å². The average Bonchev–Trinajstić information content (AvgIpc) is 2.41. The van der Waals surface area contributed by atoms with E-state index in [2.05, 4.69) is 13.8 Å². The molecule has 0 radical (unpaired) electrons. The smallest absolute Gasteiger partial charge is 0.263 e. The zero-order valence-corrected chi connectivity index (χ0v) is 11.5. The van der Waals surface area contributed by atoms with Crippen LogP contribution in [0.15, 0.2) is 24.3 Å². The average molecular weight is 268 g/mol. The summed E-state index contributed by atoms with van der Waals surface area (Å²) in [7, 11) is 0. The molecule has 19 heavy (non-hydrogen) atoms. The van der Waals surface area contributed by atoms with Crippen molar-refractivity contribution in [3.63, 3.8) is 0 Å².